The molecule has 0 rings (SSSR count). The third-order valence-electron chi connectivity index (χ3n) is 1.97. The molecule has 0 heterocycles. The lowest BCUT2D eigenvalue weighted by atomic mass is 10.3. The van der Waals surface area contributed by atoms with E-state index in [1.54, 1.807) is 7.11 Å². The van der Waals surface area contributed by atoms with E-state index in [2.05, 4.69) is 10.2 Å². The molecular formula is C10H22N2O2. The van der Waals surface area contributed by atoms with Crippen LogP contribution in [0.5, 0.6) is 0 Å². The van der Waals surface area contributed by atoms with Gasteiger partial charge in [0.05, 0.1) is 6.61 Å². The fourth-order valence-electron chi connectivity index (χ4n) is 1.06. The zero-order chi connectivity index (χ0) is 10.8. The Morgan fingerprint density at radius 3 is 2.71 bits per heavy atom. The van der Waals surface area contributed by atoms with E-state index in [0.717, 1.165) is 32.7 Å². The van der Waals surface area contributed by atoms with Crippen molar-refractivity contribution in [3.05, 3.63) is 0 Å². The van der Waals surface area contributed by atoms with Crippen LogP contribution in [0.25, 0.3) is 0 Å². The summed E-state index contributed by atoms with van der Waals surface area (Å²) in [6, 6.07) is 0. The summed E-state index contributed by atoms with van der Waals surface area (Å²) < 4.78 is 4.95. The molecule has 1 amide bonds. The van der Waals surface area contributed by atoms with E-state index in [1.165, 1.54) is 0 Å². The summed E-state index contributed by atoms with van der Waals surface area (Å²) >= 11 is 0. The molecule has 0 atom stereocenters. The molecule has 0 fully saturated rings. The monoisotopic (exact) mass is 202 g/mol. The number of likely N-dealkylation sites (N-methyl/N-ethyl adjacent to an activating group) is 1. The minimum atomic E-state index is 0.146. The number of nitrogens with one attached hydrogen (secondary N) is 1. The average Bonchev–Trinajstić information content (AvgIpc) is 2.15. The van der Waals surface area contributed by atoms with Gasteiger partial charge in [0, 0.05) is 33.2 Å². The van der Waals surface area contributed by atoms with Gasteiger partial charge in [-0.05, 0) is 13.5 Å². The van der Waals surface area contributed by atoms with Gasteiger partial charge in [-0.25, -0.2) is 0 Å². The topological polar surface area (TPSA) is 41.6 Å². The van der Waals surface area contributed by atoms with E-state index in [0.29, 0.717) is 6.42 Å². The van der Waals surface area contributed by atoms with Gasteiger partial charge in [0.25, 0.3) is 0 Å². The van der Waals surface area contributed by atoms with Crippen LogP contribution in [0.1, 0.15) is 19.8 Å². The third-order valence-corrected chi connectivity index (χ3v) is 1.97. The maximum absolute atomic E-state index is 11.1. The van der Waals surface area contributed by atoms with Crippen molar-refractivity contribution in [2.24, 2.45) is 0 Å². The van der Waals surface area contributed by atoms with Gasteiger partial charge in [0.2, 0.25) is 5.91 Å². The fraction of sp³-hybridized carbons (Fsp3) is 0.900. The van der Waals surface area contributed by atoms with Crippen molar-refractivity contribution in [2.75, 3.05) is 40.4 Å². The number of nitrogens with zero attached hydrogens (tertiary/aromatic N) is 1. The van der Waals surface area contributed by atoms with E-state index < -0.39 is 0 Å². The van der Waals surface area contributed by atoms with Crippen LogP contribution in [0.2, 0.25) is 0 Å². The summed E-state index contributed by atoms with van der Waals surface area (Å²) in [6.07, 6.45) is 1.53. The van der Waals surface area contributed by atoms with Crippen molar-refractivity contribution < 1.29 is 9.53 Å². The van der Waals surface area contributed by atoms with Crippen LogP contribution in [0.4, 0.5) is 0 Å². The van der Waals surface area contributed by atoms with Gasteiger partial charge in [-0.15, -0.1) is 0 Å². The normalized spacial score (nSPS) is 10.6. The predicted molar refractivity (Wildman–Crippen MR) is 57.3 cm³/mol. The second-order valence-electron chi connectivity index (χ2n) is 3.40. The molecule has 0 aliphatic heterocycles. The van der Waals surface area contributed by atoms with E-state index in [4.69, 9.17) is 4.74 Å². The first-order chi connectivity index (χ1) is 6.70. The maximum atomic E-state index is 11.1. The number of carbonyl (C=O) groups excluding carboxylic acids is 1. The van der Waals surface area contributed by atoms with E-state index in [-0.39, 0.29) is 5.91 Å². The molecule has 4 nitrogen and oxygen atoms in total. The number of methoxy groups -OCH3 is 1. The Morgan fingerprint density at radius 2 is 2.14 bits per heavy atom. The molecule has 0 aromatic heterocycles. The van der Waals surface area contributed by atoms with Gasteiger partial charge in [0.1, 0.15) is 0 Å². The van der Waals surface area contributed by atoms with E-state index in [9.17, 15) is 4.79 Å². The first-order valence-corrected chi connectivity index (χ1v) is 5.14. The largest absolute Gasteiger partial charge is 0.383 e. The number of ether oxygens (including phenoxy) is 1. The number of hydrogen-bond acceptors (Lipinski definition) is 3. The van der Waals surface area contributed by atoms with Gasteiger partial charge >= 0.3 is 0 Å². The van der Waals surface area contributed by atoms with E-state index >= 15 is 0 Å². The lowest BCUT2D eigenvalue weighted by Crippen LogP contribution is -2.34. The summed E-state index contributed by atoms with van der Waals surface area (Å²) in [4.78, 5) is 13.2. The third kappa shape index (κ3) is 8.01. The molecule has 0 radical (unpaired) electrons. The predicted octanol–water partition coefficient (Wildman–Crippen LogP) is 0.481. The molecule has 0 spiro atoms. The highest BCUT2D eigenvalue weighted by Gasteiger charge is 2.00. The summed E-state index contributed by atoms with van der Waals surface area (Å²) in [7, 11) is 3.71. The summed E-state index contributed by atoms with van der Waals surface area (Å²) in [5, 5.41) is 2.87. The smallest absolute Gasteiger partial charge is 0.220 e. The van der Waals surface area contributed by atoms with Crippen LogP contribution in [0.15, 0.2) is 0 Å². The van der Waals surface area contributed by atoms with Crippen LogP contribution in [-0.2, 0) is 9.53 Å². The molecule has 1 N–H and O–H groups in total. The Bertz CT molecular complexity index is 151. The second-order valence-corrected chi connectivity index (χ2v) is 3.40. The quantitative estimate of drug-likeness (QED) is 0.622. The van der Waals surface area contributed by atoms with Gasteiger partial charge in [0.15, 0.2) is 0 Å². The maximum Gasteiger partial charge on any atom is 0.220 e. The lowest BCUT2D eigenvalue weighted by Gasteiger charge is -2.15. The molecule has 0 aromatic rings. The highest BCUT2D eigenvalue weighted by atomic mass is 16.5. The number of rotatable bonds is 8. The van der Waals surface area contributed by atoms with Gasteiger partial charge in [-0.1, -0.05) is 6.92 Å². The van der Waals surface area contributed by atoms with Crippen LogP contribution < -0.4 is 5.32 Å². The minimum absolute atomic E-state index is 0.146. The molecule has 0 bridgehead atoms. The summed E-state index contributed by atoms with van der Waals surface area (Å²) in [6.45, 7) is 5.24. The van der Waals surface area contributed by atoms with Crippen molar-refractivity contribution in [3.63, 3.8) is 0 Å². The molecule has 0 saturated heterocycles. The van der Waals surface area contributed by atoms with Crippen LogP contribution in [0, 0.1) is 0 Å². The Morgan fingerprint density at radius 1 is 1.43 bits per heavy atom. The average molecular weight is 202 g/mol. The fourth-order valence-corrected chi connectivity index (χ4v) is 1.06. The SMILES string of the molecule is CCCC(=O)NCCN(C)CCOC. The Balaban J connectivity index is 3.29. The highest BCUT2D eigenvalue weighted by molar-refractivity contribution is 5.75. The minimum Gasteiger partial charge on any atom is -0.383 e. The lowest BCUT2D eigenvalue weighted by molar-refractivity contribution is -0.121. The molecule has 0 aliphatic rings. The van der Waals surface area contributed by atoms with Crippen LogP contribution in [0.3, 0.4) is 0 Å². The van der Waals surface area contributed by atoms with Crippen LogP contribution in [-0.4, -0.2) is 51.2 Å². The Hall–Kier alpha value is -0.610. The second kappa shape index (κ2) is 8.97. The number of hydrogen-bond donors (Lipinski definition) is 1. The first kappa shape index (κ1) is 13.4. The number of carbonyl (C=O) groups is 1. The zero-order valence-electron chi connectivity index (χ0n) is 9.51. The molecule has 0 unspecified atom stereocenters. The Kier molecular flexibility index (Phi) is 8.57. The molecule has 0 aromatic carbocycles. The standard InChI is InChI=1S/C10H22N2O2/c1-4-5-10(13)11-6-7-12(2)8-9-14-3/h4-9H2,1-3H3,(H,11,13). The summed E-state index contributed by atoms with van der Waals surface area (Å²) in [5.41, 5.74) is 0. The molecular weight excluding hydrogens is 180 g/mol. The number of amides is 1. The molecule has 0 aliphatic carbocycles. The molecule has 4 heteroatoms. The summed E-state index contributed by atoms with van der Waals surface area (Å²) in [5.74, 6) is 0.146. The van der Waals surface area contributed by atoms with Crippen molar-refractivity contribution in [1.29, 1.82) is 0 Å². The van der Waals surface area contributed by atoms with Crippen LogP contribution >= 0.6 is 0 Å². The Labute approximate surface area is 86.6 Å². The van der Waals surface area contributed by atoms with E-state index in [1.807, 2.05) is 14.0 Å². The van der Waals surface area contributed by atoms with Crippen molar-refractivity contribution >= 4 is 5.91 Å². The molecule has 0 saturated carbocycles. The van der Waals surface area contributed by atoms with Crippen molar-refractivity contribution in [1.82, 2.24) is 10.2 Å². The first-order valence-electron chi connectivity index (χ1n) is 5.14. The van der Waals surface area contributed by atoms with Gasteiger partial charge < -0.3 is 15.0 Å². The zero-order valence-corrected chi connectivity index (χ0v) is 9.51. The molecule has 84 valence electrons. The van der Waals surface area contributed by atoms with Gasteiger partial charge in [-0.3, -0.25) is 4.79 Å². The highest BCUT2D eigenvalue weighted by Crippen LogP contribution is 1.86. The van der Waals surface area contributed by atoms with Crippen molar-refractivity contribution in [2.45, 2.75) is 19.8 Å². The molecule has 14 heavy (non-hydrogen) atoms. The van der Waals surface area contributed by atoms with Gasteiger partial charge in [-0.2, -0.15) is 0 Å². The van der Waals surface area contributed by atoms with Crippen molar-refractivity contribution in [3.8, 4) is 0 Å².